The highest BCUT2D eigenvalue weighted by Gasteiger charge is 2.26. The molecule has 0 aliphatic carbocycles. The second-order valence-corrected chi connectivity index (χ2v) is 5.11. The van der Waals surface area contributed by atoms with Crippen LogP contribution in [0.2, 0.25) is 0 Å². The summed E-state index contributed by atoms with van der Waals surface area (Å²) in [7, 11) is 0. The molecule has 0 aromatic heterocycles. The third kappa shape index (κ3) is 3.94. The molecule has 2 heterocycles. The van der Waals surface area contributed by atoms with Gasteiger partial charge in [-0.05, 0) is 38.3 Å². The summed E-state index contributed by atoms with van der Waals surface area (Å²) in [5.41, 5.74) is 5.35. The van der Waals surface area contributed by atoms with E-state index in [2.05, 4.69) is 10.2 Å². The monoisotopic (exact) mass is 241 g/mol. The standard InChI is InChI=1S/C12H23N3O2/c13-12(16)8-15(7-10-3-6-17-9-10)11-1-4-14-5-2-11/h10-11,14H,1-9H2,(H2,13,16). The first-order valence-electron chi connectivity index (χ1n) is 6.56. The molecule has 0 spiro atoms. The van der Waals surface area contributed by atoms with Crippen molar-refractivity contribution in [1.29, 1.82) is 0 Å². The highest BCUT2D eigenvalue weighted by atomic mass is 16.5. The number of nitrogens with two attached hydrogens (primary N) is 1. The molecule has 2 aliphatic heterocycles. The van der Waals surface area contributed by atoms with Gasteiger partial charge in [-0.2, -0.15) is 0 Å². The van der Waals surface area contributed by atoms with Crippen LogP contribution >= 0.6 is 0 Å². The van der Waals surface area contributed by atoms with Crippen molar-refractivity contribution in [3.05, 3.63) is 0 Å². The second-order valence-electron chi connectivity index (χ2n) is 5.11. The first kappa shape index (κ1) is 12.8. The highest BCUT2D eigenvalue weighted by Crippen LogP contribution is 2.18. The Bertz CT molecular complexity index is 248. The average Bonchev–Trinajstić information content (AvgIpc) is 2.82. The summed E-state index contributed by atoms with van der Waals surface area (Å²) >= 11 is 0. The van der Waals surface area contributed by atoms with Crippen molar-refractivity contribution in [3.63, 3.8) is 0 Å². The van der Waals surface area contributed by atoms with Crippen LogP contribution in [0.1, 0.15) is 19.3 Å². The van der Waals surface area contributed by atoms with Crippen LogP contribution in [0, 0.1) is 5.92 Å². The number of nitrogens with zero attached hydrogens (tertiary/aromatic N) is 1. The van der Waals surface area contributed by atoms with E-state index in [1.54, 1.807) is 0 Å². The molecule has 0 aromatic rings. The molecule has 2 saturated heterocycles. The Morgan fingerprint density at radius 3 is 2.71 bits per heavy atom. The molecule has 17 heavy (non-hydrogen) atoms. The van der Waals surface area contributed by atoms with Crippen molar-refractivity contribution in [3.8, 4) is 0 Å². The van der Waals surface area contributed by atoms with Crippen molar-refractivity contribution in [2.24, 2.45) is 11.7 Å². The lowest BCUT2D eigenvalue weighted by molar-refractivity contribution is -0.120. The van der Waals surface area contributed by atoms with Crippen LogP contribution in [0.3, 0.4) is 0 Å². The quantitative estimate of drug-likeness (QED) is 0.685. The van der Waals surface area contributed by atoms with Gasteiger partial charge in [-0.15, -0.1) is 0 Å². The topological polar surface area (TPSA) is 67.6 Å². The highest BCUT2D eigenvalue weighted by molar-refractivity contribution is 5.75. The van der Waals surface area contributed by atoms with Gasteiger partial charge in [0.2, 0.25) is 5.91 Å². The SMILES string of the molecule is NC(=O)CN(CC1CCOC1)C1CCNCC1. The van der Waals surface area contributed by atoms with Gasteiger partial charge in [-0.25, -0.2) is 0 Å². The molecule has 3 N–H and O–H groups in total. The minimum atomic E-state index is -0.220. The van der Waals surface area contributed by atoms with Crippen molar-refractivity contribution in [2.45, 2.75) is 25.3 Å². The van der Waals surface area contributed by atoms with Gasteiger partial charge in [0.15, 0.2) is 0 Å². The predicted molar refractivity (Wildman–Crippen MR) is 65.6 cm³/mol. The van der Waals surface area contributed by atoms with Crippen LogP contribution in [-0.2, 0) is 9.53 Å². The Morgan fingerprint density at radius 1 is 1.35 bits per heavy atom. The predicted octanol–water partition coefficient (Wildman–Crippen LogP) is -0.438. The van der Waals surface area contributed by atoms with E-state index in [4.69, 9.17) is 10.5 Å². The molecule has 0 bridgehead atoms. The number of amides is 1. The average molecular weight is 241 g/mol. The van der Waals surface area contributed by atoms with E-state index in [0.717, 1.165) is 52.1 Å². The zero-order chi connectivity index (χ0) is 12.1. The Hall–Kier alpha value is -0.650. The van der Waals surface area contributed by atoms with E-state index in [9.17, 15) is 4.79 Å². The van der Waals surface area contributed by atoms with Crippen LogP contribution in [-0.4, -0.2) is 56.2 Å². The normalized spacial score (nSPS) is 26.5. The van der Waals surface area contributed by atoms with Crippen LogP contribution < -0.4 is 11.1 Å². The number of primary amides is 1. The molecule has 2 rings (SSSR count). The smallest absolute Gasteiger partial charge is 0.231 e. The summed E-state index contributed by atoms with van der Waals surface area (Å²) < 4.78 is 5.40. The molecule has 1 atom stereocenters. The fourth-order valence-corrected chi connectivity index (χ4v) is 2.77. The van der Waals surface area contributed by atoms with Crippen molar-refractivity contribution < 1.29 is 9.53 Å². The zero-order valence-electron chi connectivity index (χ0n) is 10.4. The third-order valence-electron chi connectivity index (χ3n) is 3.70. The summed E-state index contributed by atoms with van der Waals surface area (Å²) in [6.45, 7) is 5.12. The van der Waals surface area contributed by atoms with E-state index in [-0.39, 0.29) is 5.91 Å². The summed E-state index contributed by atoms with van der Waals surface area (Å²) in [6.07, 6.45) is 3.34. The minimum absolute atomic E-state index is 0.220. The van der Waals surface area contributed by atoms with Crippen molar-refractivity contribution >= 4 is 5.91 Å². The minimum Gasteiger partial charge on any atom is -0.381 e. The lowest BCUT2D eigenvalue weighted by Gasteiger charge is -2.35. The van der Waals surface area contributed by atoms with Crippen LogP contribution in [0.4, 0.5) is 0 Å². The number of hydrogen-bond donors (Lipinski definition) is 2. The maximum absolute atomic E-state index is 11.2. The molecule has 1 unspecified atom stereocenters. The number of piperidine rings is 1. The number of ether oxygens (including phenoxy) is 1. The molecule has 5 nitrogen and oxygen atoms in total. The molecular weight excluding hydrogens is 218 g/mol. The van der Waals surface area contributed by atoms with Gasteiger partial charge < -0.3 is 15.8 Å². The van der Waals surface area contributed by atoms with Gasteiger partial charge in [0, 0.05) is 19.2 Å². The van der Waals surface area contributed by atoms with Gasteiger partial charge in [-0.3, -0.25) is 9.69 Å². The van der Waals surface area contributed by atoms with Gasteiger partial charge >= 0.3 is 0 Å². The maximum Gasteiger partial charge on any atom is 0.231 e. The summed E-state index contributed by atoms with van der Waals surface area (Å²) in [6, 6.07) is 0.504. The first-order valence-corrected chi connectivity index (χ1v) is 6.56. The molecule has 2 fully saturated rings. The Kier molecular flexibility index (Phi) is 4.76. The molecule has 0 aromatic carbocycles. The summed E-state index contributed by atoms with van der Waals surface area (Å²) in [5, 5.41) is 3.35. The summed E-state index contributed by atoms with van der Waals surface area (Å²) in [5.74, 6) is 0.353. The van der Waals surface area contributed by atoms with Crippen LogP contribution in [0.25, 0.3) is 0 Å². The molecule has 98 valence electrons. The van der Waals surface area contributed by atoms with E-state index in [1.165, 1.54) is 0 Å². The van der Waals surface area contributed by atoms with E-state index < -0.39 is 0 Å². The Morgan fingerprint density at radius 2 is 2.12 bits per heavy atom. The van der Waals surface area contributed by atoms with Gasteiger partial charge in [-0.1, -0.05) is 0 Å². The van der Waals surface area contributed by atoms with Gasteiger partial charge in [0.25, 0.3) is 0 Å². The largest absolute Gasteiger partial charge is 0.381 e. The number of rotatable bonds is 5. The molecule has 1 amide bonds. The fourth-order valence-electron chi connectivity index (χ4n) is 2.77. The summed E-state index contributed by atoms with van der Waals surface area (Å²) in [4.78, 5) is 13.4. The number of carbonyl (C=O) groups is 1. The first-order chi connectivity index (χ1) is 8.25. The molecule has 0 radical (unpaired) electrons. The molecule has 5 heteroatoms. The molecule has 0 saturated carbocycles. The lowest BCUT2D eigenvalue weighted by Crippen LogP contribution is -2.48. The van der Waals surface area contributed by atoms with E-state index in [1.807, 2.05) is 0 Å². The van der Waals surface area contributed by atoms with E-state index >= 15 is 0 Å². The second kappa shape index (κ2) is 6.33. The van der Waals surface area contributed by atoms with Crippen molar-refractivity contribution in [1.82, 2.24) is 10.2 Å². The zero-order valence-corrected chi connectivity index (χ0v) is 10.4. The lowest BCUT2D eigenvalue weighted by atomic mass is 10.0. The third-order valence-corrected chi connectivity index (χ3v) is 3.70. The molecule has 2 aliphatic rings. The maximum atomic E-state index is 11.2. The van der Waals surface area contributed by atoms with Gasteiger partial charge in [0.05, 0.1) is 13.2 Å². The molecular formula is C12H23N3O2. The number of nitrogens with one attached hydrogen (secondary N) is 1. The fraction of sp³-hybridized carbons (Fsp3) is 0.917. The number of carbonyl (C=O) groups excluding carboxylic acids is 1. The van der Waals surface area contributed by atoms with Crippen LogP contribution in [0.15, 0.2) is 0 Å². The number of hydrogen-bond acceptors (Lipinski definition) is 4. The van der Waals surface area contributed by atoms with Crippen molar-refractivity contribution in [2.75, 3.05) is 39.4 Å². The Balaban J connectivity index is 1.88. The van der Waals surface area contributed by atoms with Gasteiger partial charge in [0.1, 0.15) is 0 Å². The Labute approximate surface area is 103 Å². The van der Waals surface area contributed by atoms with E-state index in [0.29, 0.717) is 18.5 Å². The van der Waals surface area contributed by atoms with Crippen LogP contribution in [0.5, 0.6) is 0 Å².